The molecule has 0 radical (unpaired) electrons. The molecule has 0 unspecified atom stereocenters. The average Bonchev–Trinajstić information content (AvgIpc) is 3.24. The van der Waals surface area contributed by atoms with Crippen LogP contribution in [0.2, 0.25) is 0 Å². The number of nitro benzene ring substituents is 1. The van der Waals surface area contributed by atoms with E-state index in [0.29, 0.717) is 16.9 Å². The van der Waals surface area contributed by atoms with Gasteiger partial charge in [0.15, 0.2) is 0 Å². The summed E-state index contributed by atoms with van der Waals surface area (Å²) in [6, 6.07) is 19.7. The predicted octanol–water partition coefficient (Wildman–Crippen LogP) is 4.79. The summed E-state index contributed by atoms with van der Waals surface area (Å²) < 4.78 is 23.0. The van der Waals surface area contributed by atoms with Crippen LogP contribution in [0.5, 0.6) is 5.75 Å². The number of nitrogens with zero attached hydrogens (tertiary/aromatic N) is 1. The van der Waals surface area contributed by atoms with Gasteiger partial charge in [-0.1, -0.05) is 36.4 Å². The molecule has 4 rings (SSSR count). The number of carbonyl (C=O) groups excluding carboxylic acids is 2. The summed E-state index contributed by atoms with van der Waals surface area (Å²) in [6.07, 6.45) is -2.15. The fourth-order valence-electron chi connectivity index (χ4n) is 3.86. The summed E-state index contributed by atoms with van der Waals surface area (Å²) >= 11 is 0. The normalized spacial score (nSPS) is 18.9. The van der Waals surface area contributed by atoms with Crippen LogP contribution in [0.1, 0.15) is 38.3 Å². The lowest BCUT2D eigenvalue weighted by Gasteiger charge is -2.19. The summed E-state index contributed by atoms with van der Waals surface area (Å²) in [7, 11) is 0. The van der Waals surface area contributed by atoms with Crippen molar-refractivity contribution in [1.29, 1.82) is 0 Å². The molecule has 9 heteroatoms. The zero-order chi connectivity index (χ0) is 25.7. The molecule has 1 aliphatic rings. The van der Waals surface area contributed by atoms with Gasteiger partial charge in [-0.25, -0.2) is 9.59 Å². The number of benzene rings is 3. The molecule has 186 valence electrons. The van der Waals surface area contributed by atoms with Gasteiger partial charge in [-0.2, -0.15) is 0 Å². The first-order valence-corrected chi connectivity index (χ1v) is 11.4. The maximum Gasteiger partial charge on any atom is 0.338 e. The van der Waals surface area contributed by atoms with Gasteiger partial charge in [0.25, 0.3) is 5.69 Å². The van der Waals surface area contributed by atoms with Crippen molar-refractivity contribution >= 4 is 17.6 Å². The van der Waals surface area contributed by atoms with Gasteiger partial charge in [0.2, 0.25) is 6.29 Å². The second-order valence-electron chi connectivity index (χ2n) is 8.38. The highest BCUT2D eigenvalue weighted by molar-refractivity contribution is 5.91. The number of nitro groups is 1. The second-order valence-corrected chi connectivity index (χ2v) is 8.38. The van der Waals surface area contributed by atoms with Crippen molar-refractivity contribution in [2.24, 2.45) is 0 Å². The maximum atomic E-state index is 12.8. The molecule has 1 saturated heterocycles. The van der Waals surface area contributed by atoms with Crippen molar-refractivity contribution in [2.75, 3.05) is 6.61 Å². The molecular formula is C27H25NO8. The molecule has 1 heterocycles. The monoisotopic (exact) mass is 491 g/mol. The molecule has 36 heavy (non-hydrogen) atoms. The number of ether oxygens (including phenoxy) is 4. The number of non-ortho nitro benzene ring substituents is 1. The SMILES string of the molecule is Cc1ccccc1C(=O)OC[C@H]1O[C@@H](Oc2ccc([N+](=O)[O-])cc2)C[C@@H]1OC(=O)c1ccccc1C. The van der Waals surface area contributed by atoms with Crippen molar-refractivity contribution in [3.63, 3.8) is 0 Å². The van der Waals surface area contributed by atoms with Crippen LogP contribution in [0.4, 0.5) is 5.69 Å². The Morgan fingerprint density at radius 3 is 2.08 bits per heavy atom. The molecule has 1 aliphatic heterocycles. The molecule has 3 aromatic rings. The first kappa shape index (κ1) is 24.9. The molecule has 0 N–H and O–H groups in total. The molecular weight excluding hydrogens is 466 g/mol. The molecule has 0 bridgehead atoms. The first-order chi connectivity index (χ1) is 17.3. The van der Waals surface area contributed by atoms with Gasteiger partial charge in [0.05, 0.1) is 16.1 Å². The Morgan fingerprint density at radius 1 is 0.917 bits per heavy atom. The third-order valence-corrected chi connectivity index (χ3v) is 5.85. The Balaban J connectivity index is 1.46. The summed E-state index contributed by atoms with van der Waals surface area (Å²) in [5, 5.41) is 10.9. The first-order valence-electron chi connectivity index (χ1n) is 11.4. The lowest BCUT2D eigenvalue weighted by atomic mass is 10.1. The van der Waals surface area contributed by atoms with Crippen molar-refractivity contribution in [1.82, 2.24) is 0 Å². The van der Waals surface area contributed by atoms with Gasteiger partial charge in [0, 0.05) is 18.6 Å². The number of aryl methyl sites for hydroxylation is 2. The number of hydrogen-bond donors (Lipinski definition) is 0. The van der Waals surface area contributed by atoms with E-state index in [1.807, 2.05) is 38.1 Å². The topological polar surface area (TPSA) is 114 Å². The van der Waals surface area contributed by atoms with E-state index in [1.54, 1.807) is 24.3 Å². The highest BCUT2D eigenvalue weighted by Gasteiger charge is 2.40. The van der Waals surface area contributed by atoms with Gasteiger partial charge in [-0.05, 0) is 49.2 Å². The Bertz CT molecular complexity index is 1260. The molecule has 3 atom stereocenters. The zero-order valence-electron chi connectivity index (χ0n) is 19.8. The van der Waals surface area contributed by atoms with Crippen LogP contribution in [-0.4, -0.2) is 42.0 Å². The Labute approximate surface area is 207 Å². The van der Waals surface area contributed by atoms with Gasteiger partial charge in [0.1, 0.15) is 24.6 Å². The second kappa shape index (κ2) is 11.0. The Kier molecular flexibility index (Phi) is 7.60. The lowest BCUT2D eigenvalue weighted by molar-refractivity contribution is -0.384. The minimum atomic E-state index is -0.816. The van der Waals surface area contributed by atoms with Gasteiger partial charge in [-0.15, -0.1) is 0 Å². The van der Waals surface area contributed by atoms with E-state index >= 15 is 0 Å². The molecule has 1 fully saturated rings. The van der Waals surface area contributed by atoms with E-state index in [1.165, 1.54) is 24.3 Å². The largest absolute Gasteiger partial charge is 0.465 e. The van der Waals surface area contributed by atoms with E-state index in [-0.39, 0.29) is 18.7 Å². The predicted molar refractivity (Wildman–Crippen MR) is 129 cm³/mol. The van der Waals surface area contributed by atoms with Crippen LogP contribution in [0.3, 0.4) is 0 Å². The van der Waals surface area contributed by atoms with Crippen molar-refractivity contribution in [3.8, 4) is 5.75 Å². The van der Waals surface area contributed by atoms with E-state index in [0.717, 1.165) is 11.1 Å². The lowest BCUT2D eigenvalue weighted by Crippen LogP contribution is -2.32. The number of carbonyl (C=O) groups is 2. The molecule has 3 aromatic carbocycles. The molecule has 0 spiro atoms. The fraction of sp³-hybridized carbons (Fsp3) is 0.259. The number of rotatable bonds is 8. The summed E-state index contributed by atoms with van der Waals surface area (Å²) in [5.74, 6) is -0.680. The van der Waals surface area contributed by atoms with Crippen LogP contribution in [0, 0.1) is 24.0 Å². The summed E-state index contributed by atoms with van der Waals surface area (Å²) in [5.41, 5.74) is 2.33. The minimum Gasteiger partial charge on any atom is -0.465 e. The van der Waals surface area contributed by atoms with Crippen LogP contribution in [0.25, 0.3) is 0 Å². The average molecular weight is 491 g/mol. The van der Waals surface area contributed by atoms with Crippen molar-refractivity contribution in [2.45, 2.75) is 38.8 Å². The quantitative estimate of drug-likeness (QED) is 0.251. The van der Waals surface area contributed by atoms with Crippen molar-refractivity contribution in [3.05, 3.63) is 105 Å². The molecule has 0 saturated carbocycles. The summed E-state index contributed by atoms with van der Waals surface area (Å²) in [6.45, 7) is 3.46. The van der Waals surface area contributed by atoms with Crippen LogP contribution >= 0.6 is 0 Å². The highest BCUT2D eigenvalue weighted by Crippen LogP contribution is 2.29. The molecule has 9 nitrogen and oxygen atoms in total. The minimum absolute atomic E-state index is 0.0688. The van der Waals surface area contributed by atoms with Crippen LogP contribution in [0.15, 0.2) is 72.8 Å². The van der Waals surface area contributed by atoms with E-state index in [2.05, 4.69) is 0 Å². The maximum absolute atomic E-state index is 12.8. The van der Waals surface area contributed by atoms with Gasteiger partial charge in [-0.3, -0.25) is 10.1 Å². The van der Waals surface area contributed by atoms with E-state index in [4.69, 9.17) is 18.9 Å². The van der Waals surface area contributed by atoms with E-state index in [9.17, 15) is 19.7 Å². The smallest absolute Gasteiger partial charge is 0.338 e. The fourth-order valence-corrected chi connectivity index (χ4v) is 3.86. The van der Waals surface area contributed by atoms with E-state index < -0.39 is 35.4 Å². The van der Waals surface area contributed by atoms with Crippen molar-refractivity contribution < 1.29 is 33.5 Å². The Morgan fingerprint density at radius 2 is 1.50 bits per heavy atom. The van der Waals surface area contributed by atoms with Gasteiger partial charge >= 0.3 is 11.9 Å². The molecule has 0 aliphatic carbocycles. The third kappa shape index (κ3) is 5.87. The molecule has 0 aromatic heterocycles. The highest BCUT2D eigenvalue weighted by atomic mass is 16.7. The van der Waals surface area contributed by atoms with Crippen LogP contribution < -0.4 is 4.74 Å². The Hall–Kier alpha value is -4.24. The number of esters is 2. The standard InChI is InChI=1S/C27H25NO8/c1-17-7-3-5-9-21(17)26(29)33-16-24-23(36-27(30)22-10-6-4-8-18(22)2)15-25(35-24)34-20-13-11-19(12-14-20)28(31)32/h3-14,23-25H,15-16H2,1-2H3/t23-,24+,25+/m0/s1. The van der Waals surface area contributed by atoms with Crippen LogP contribution in [-0.2, 0) is 14.2 Å². The number of hydrogen-bond acceptors (Lipinski definition) is 8. The van der Waals surface area contributed by atoms with Gasteiger partial charge < -0.3 is 18.9 Å². The zero-order valence-corrected chi connectivity index (χ0v) is 19.8. The molecule has 0 amide bonds. The third-order valence-electron chi connectivity index (χ3n) is 5.85. The summed E-state index contributed by atoms with van der Waals surface area (Å²) in [4.78, 5) is 35.8.